The van der Waals surface area contributed by atoms with Gasteiger partial charge in [0, 0.05) is 31.7 Å². The van der Waals surface area contributed by atoms with E-state index in [1.54, 1.807) is 16.9 Å². The molecule has 5 heteroatoms. The SMILES string of the molecule is CCCn1nccc1C(=O)N1CC[C@@H](c2ccc(F)cc2)C1. The lowest BCUT2D eigenvalue weighted by Crippen LogP contribution is -2.30. The van der Waals surface area contributed by atoms with Crippen molar-refractivity contribution in [2.24, 2.45) is 0 Å². The summed E-state index contributed by atoms with van der Waals surface area (Å²) >= 11 is 0. The van der Waals surface area contributed by atoms with Crippen LogP contribution in [-0.2, 0) is 6.54 Å². The largest absolute Gasteiger partial charge is 0.337 e. The number of nitrogens with zero attached hydrogens (tertiary/aromatic N) is 3. The lowest BCUT2D eigenvalue weighted by atomic mass is 9.99. The number of rotatable bonds is 4. The monoisotopic (exact) mass is 301 g/mol. The number of aromatic nitrogens is 2. The fourth-order valence-corrected chi connectivity index (χ4v) is 3.02. The summed E-state index contributed by atoms with van der Waals surface area (Å²) in [7, 11) is 0. The molecule has 1 atom stereocenters. The van der Waals surface area contributed by atoms with Crippen molar-refractivity contribution in [3.05, 3.63) is 53.6 Å². The van der Waals surface area contributed by atoms with Crippen molar-refractivity contribution in [1.82, 2.24) is 14.7 Å². The predicted octanol–water partition coefficient (Wildman–Crippen LogP) is 3.06. The van der Waals surface area contributed by atoms with Gasteiger partial charge in [-0.25, -0.2) is 4.39 Å². The number of aryl methyl sites for hydroxylation is 1. The van der Waals surface area contributed by atoms with Crippen LogP contribution in [0, 0.1) is 5.82 Å². The molecule has 0 spiro atoms. The van der Waals surface area contributed by atoms with E-state index in [9.17, 15) is 9.18 Å². The maximum atomic E-state index is 13.0. The van der Waals surface area contributed by atoms with Crippen LogP contribution in [0.5, 0.6) is 0 Å². The van der Waals surface area contributed by atoms with Gasteiger partial charge in [0.1, 0.15) is 11.5 Å². The van der Waals surface area contributed by atoms with Crippen LogP contribution in [-0.4, -0.2) is 33.7 Å². The smallest absolute Gasteiger partial charge is 0.272 e. The maximum Gasteiger partial charge on any atom is 0.272 e. The van der Waals surface area contributed by atoms with Gasteiger partial charge >= 0.3 is 0 Å². The summed E-state index contributed by atoms with van der Waals surface area (Å²) in [4.78, 5) is 14.5. The van der Waals surface area contributed by atoms with Gasteiger partial charge in [-0.3, -0.25) is 9.48 Å². The third-order valence-electron chi connectivity index (χ3n) is 4.19. The van der Waals surface area contributed by atoms with Gasteiger partial charge in [-0.1, -0.05) is 19.1 Å². The first kappa shape index (κ1) is 14.8. The average molecular weight is 301 g/mol. The van der Waals surface area contributed by atoms with E-state index in [1.165, 1.54) is 12.1 Å². The van der Waals surface area contributed by atoms with Crippen molar-refractivity contribution in [3.8, 4) is 0 Å². The van der Waals surface area contributed by atoms with Gasteiger partial charge in [0.2, 0.25) is 0 Å². The molecule has 3 rings (SSSR count). The number of carbonyl (C=O) groups is 1. The quantitative estimate of drug-likeness (QED) is 0.870. The second-order valence-electron chi connectivity index (χ2n) is 5.73. The lowest BCUT2D eigenvalue weighted by molar-refractivity contribution is 0.0778. The minimum Gasteiger partial charge on any atom is -0.337 e. The molecule has 1 amide bonds. The topological polar surface area (TPSA) is 38.1 Å². The van der Waals surface area contributed by atoms with E-state index in [2.05, 4.69) is 12.0 Å². The summed E-state index contributed by atoms with van der Waals surface area (Å²) in [5.74, 6) is 0.0980. The van der Waals surface area contributed by atoms with Gasteiger partial charge < -0.3 is 4.90 Å². The van der Waals surface area contributed by atoms with Gasteiger partial charge in [0.05, 0.1) is 0 Å². The van der Waals surface area contributed by atoms with E-state index in [0.717, 1.165) is 31.5 Å². The maximum absolute atomic E-state index is 13.0. The van der Waals surface area contributed by atoms with Gasteiger partial charge in [0.15, 0.2) is 0 Å². The Kier molecular flexibility index (Phi) is 4.22. The molecule has 22 heavy (non-hydrogen) atoms. The summed E-state index contributed by atoms with van der Waals surface area (Å²) in [5.41, 5.74) is 1.75. The van der Waals surface area contributed by atoms with E-state index in [0.29, 0.717) is 12.2 Å². The van der Waals surface area contributed by atoms with Gasteiger partial charge in [-0.15, -0.1) is 0 Å². The molecule has 1 fully saturated rings. The van der Waals surface area contributed by atoms with Crippen LogP contribution in [0.1, 0.15) is 41.7 Å². The number of hydrogen-bond donors (Lipinski definition) is 0. The Bertz CT molecular complexity index is 650. The Balaban J connectivity index is 1.70. The number of benzene rings is 1. The van der Waals surface area contributed by atoms with E-state index < -0.39 is 0 Å². The molecule has 0 N–H and O–H groups in total. The van der Waals surface area contributed by atoms with E-state index in [1.807, 2.05) is 17.0 Å². The molecule has 1 aromatic heterocycles. The van der Waals surface area contributed by atoms with Crippen molar-refractivity contribution < 1.29 is 9.18 Å². The lowest BCUT2D eigenvalue weighted by Gasteiger charge is -2.17. The third-order valence-corrected chi connectivity index (χ3v) is 4.19. The van der Waals surface area contributed by atoms with Gasteiger partial charge in [-0.2, -0.15) is 5.10 Å². The van der Waals surface area contributed by atoms with Crippen LogP contribution < -0.4 is 0 Å². The van der Waals surface area contributed by atoms with Crippen molar-refractivity contribution in [2.45, 2.75) is 32.2 Å². The summed E-state index contributed by atoms with van der Waals surface area (Å²) in [6, 6.07) is 8.38. The molecule has 2 heterocycles. The minimum absolute atomic E-state index is 0.0376. The molecule has 2 aromatic rings. The van der Waals surface area contributed by atoms with Crippen LogP contribution in [0.3, 0.4) is 0 Å². The molecule has 0 radical (unpaired) electrons. The molecule has 0 unspecified atom stereocenters. The molecule has 1 aromatic carbocycles. The molecular weight excluding hydrogens is 281 g/mol. The molecule has 0 saturated carbocycles. The Morgan fingerprint density at radius 2 is 2.09 bits per heavy atom. The molecule has 1 saturated heterocycles. The number of hydrogen-bond acceptors (Lipinski definition) is 2. The van der Waals surface area contributed by atoms with E-state index in [4.69, 9.17) is 0 Å². The molecule has 4 nitrogen and oxygen atoms in total. The van der Waals surface area contributed by atoms with Gasteiger partial charge in [0.25, 0.3) is 5.91 Å². The van der Waals surface area contributed by atoms with E-state index in [-0.39, 0.29) is 17.6 Å². The molecule has 0 bridgehead atoms. The predicted molar refractivity (Wildman–Crippen MR) is 82.2 cm³/mol. The zero-order valence-electron chi connectivity index (χ0n) is 12.7. The zero-order chi connectivity index (χ0) is 15.5. The Morgan fingerprint density at radius 3 is 2.82 bits per heavy atom. The molecule has 1 aliphatic heterocycles. The second-order valence-corrected chi connectivity index (χ2v) is 5.73. The van der Waals surface area contributed by atoms with Crippen LogP contribution in [0.2, 0.25) is 0 Å². The normalized spacial score (nSPS) is 17.9. The Labute approximate surface area is 129 Å². The standard InChI is InChI=1S/C17H20FN3O/c1-2-10-21-16(7-9-19-21)17(22)20-11-8-14(12-20)13-3-5-15(18)6-4-13/h3-7,9,14H,2,8,10-12H2,1H3/t14-/m1/s1. The number of likely N-dealkylation sites (tertiary alicyclic amines) is 1. The molecule has 116 valence electrons. The first-order valence-corrected chi connectivity index (χ1v) is 7.75. The summed E-state index contributed by atoms with van der Waals surface area (Å²) in [6.07, 6.45) is 3.54. The highest BCUT2D eigenvalue weighted by Gasteiger charge is 2.29. The third kappa shape index (κ3) is 2.89. The van der Waals surface area contributed by atoms with Crippen molar-refractivity contribution in [3.63, 3.8) is 0 Å². The molecule has 0 aliphatic carbocycles. The highest BCUT2D eigenvalue weighted by atomic mass is 19.1. The van der Waals surface area contributed by atoms with Crippen molar-refractivity contribution >= 4 is 5.91 Å². The molecular formula is C17H20FN3O. The number of carbonyl (C=O) groups excluding carboxylic acids is 1. The summed E-state index contributed by atoms with van der Waals surface area (Å²) in [6.45, 7) is 4.24. The minimum atomic E-state index is -0.224. The van der Waals surface area contributed by atoms with Crippen molar-refractivity contribution in [2.75, 3.05) is 13.1 Å². The highest BCUT2D eigenvalue weighted by Crippen LogP contribution is 2.28. The van der Waals surface area contributed by atoms with E-state index >= 15 is 0 Å². The van der Waals surface area contributed by atoms with Crippen molar-refractivity contribution in [1.29, 1.82) is 0 Å². The fraction of sp³-hybridized carbons (Fsp3) is 0.412. The number of halogens is 1. The zero-order valence-corrected chi connectivity index (χ0v) is 12.7. The number of amides is 1. The molecule has 1 aliphatic rings. The Morgan fingerprint density at radius 1 is 1.32 bits per heavy atom. The van der Waals surface area contributed by atoms with Crippen LogP contribution >= 0.6 is 0 Å². The van der Waals surface area contributed by atoms with Crippen LogP contribution in [0.4, 0.5) is 4.39 Å². The fourth-order valence-electron chi connectivity index (χ4n) is 3.02. The van der Waals surface area contributed by atoms with Crippen LogP contribution in [0.15, 0.2) is 36.5 Å². The first-order chi connectivity index (χ1) is 10.7. The second kappa shape index (κ2) is 6.30. The average Bonchev–Trinajstić information content (AvgIpc) is 3.17. The van der Waals surface area contributed by atoms with Gasteiger partial charge in [-0.05, 0) is 36.6 Å². The summed E-state index contributed by atoms with van der Waals surface area (Å²) < 4.78 is 14.8. The highest BCUT2D eigenvalue weighted by molar-refractivity contribution is 5.92. The Hall–Kier alpha value is -2.17. The summed E-state index contributed by atoms with van der Waals surface area (Å²) in [5, 5.41) is 4.21. The first-order valence-electron chi connectivity index (χ1n) is 7.75. The van der Waals surface area contributed by atoms with Crippen LogP contribution in [0.25, 0.3) is 0 Å².